The molecule has 0 aromatic carbocycles. The maximum absolute atomic E-state index is 10.9. The molecule has 13 heavy (non-hydrogen) atoms. The highest BCUT2D eigenvalue weighted by Crippen LogP contribution is 2.32. The summed E-state index contributed by atoms with van der Waals surface area (Å²) in [7, 11) is 0. The second-order valence-corrected chi connectivity index (χ2v) is 3.00. The minimum atomic E-state index is -0.978. The largest absolute Gasteiger partial charge is 0.480 e. The maximum Gasteiger partial charge on any atom is 0.326 e. The first kappa shape index (κ1) is 9.59. The molecule has 1 atom stereocenters. The Morgan fingerprint density at radius 3 is 2.54 bits per heavy atom. The minimum absolute atomic E-state index is 0.0973. The molecule has 1 amide bonds. The average molecular weight is 181 g/mol. The molecule has 0 heterocycles. The molecule has 2 N–H and O–H groups in total. The Hall–Kier alpha value is -1.50. The highest BCUT2D eigenvalue weighted by Gasteiger charge is 2.36. The molecule has 0 aromatic rings. The first-order valence-corrected chi connectivity index (χ1v) is 4.11. The van der Waals surface area contributed by atoms with E-state index in [0.29, 0.717) is 0 Å². The highest BCUT2D eigenvalue weighted by atomic mass is 16.4. The summed E-state index contributed by atoms with van der Waals surface area (Å²) in [4.78, 5) is 21.6. The standard InChI is InChI=1S/C9H11NO3/c1-2-3-7(11)10-8(9(12)13)6-4-5-6/h6,8H,4-5H2,1H3,(H,10,11)(H,12,13). The molecule has 70 valence electrons. The number of aliphatic carboxylic acids is 1. The van der Waals surface area contributed by atoms with Crippen molar-refractivity contribution in [2.24, 2.45) is 5.92 Å². The number of carboxylic acids is 1. The van der Waals surface area contributed by atoms with Crippen molar-refractivity contribution in [3.05, 3.63) is 0 Å². The smallest absolute Gasteiger partial charge is 0.326 e. The molecular formula is C9H11NO3. The van der Waals surface area contributed by atoms with Crippen LogP contribution in [0.3, 0.4) is 0 Å². The van der Waals surface area contributed by atoms with Crippen LogP contribution in [0.4, 0.5) is 0 Å². The van der Waals surface area contributed by atoms with E-state index in [0.717, 1.165) is 12.8 Å². The van der Waals surface area contributed by atoms with E-state index in [-0.39, 0.29) is 5.92 Å². The van der Waals surface area contributed by atoms with Gasteiger partial charge in [-0.25, -0.2) is 4.79 Å². The molecule has 0 aromatic heterocycles. The summed E-state index contributed by atoms with van der Waals surface area (Å²) < 4.78 is 0. The van der Waals surface area contributed by atoms with Gasteiger partial charge in [-0.15, -0.1) is 0 Å². The lowest BCUT2D eigenvalue weighted by atomic mass is 10.2. The van der Waals surface area contributed by atoms with E-state index in [1.807, 2.05) is 0 Å². The summed E-state index contributed by atoms with van der Waals surface area (Å²) in [6.07, 6.45) is 1.74. The third-order valence-electron chi connectivity index (χ3n) is 1.88. The van der Waals surface area contributed by atoms with Gasteiger partial charge in [-0.3, -0.25) is 4.79 Å². The Morgan fingerprint density at radius 2 is 2.15 bits per heavy atom. The topological polar surface area (TPSA) is 66.4 Å². The fourth-order valence-electron chi connectivity index (χ4n) is 1.10. The molecule has 1 aliphatic rings. The minimum Gasteiger partial charge on any atom is -0.480 e. The van der Waals surface area contributed by atoms with E-state index in [1.165, 1.54) is 6.92 Å². The number of carboxylic acid groups (broad SMARTS) is 1. The first-order valence-electron chi connectivity index (χ1n) is 4.11. The quantitative estimate of drug-likeness (QED) is 0.602. The molecule has 0 aliphatic heterocycles. The first-order chi connectivity index (χ1) is 6.15. The lowest BCUT2D eigenvalue weighted by molar-refractivity contribution is -0.141. The summed E-state index contributed by atoms with van der Waals surface area (Å²) in [5.74, 6) is 3.27. The van der Waals surface area contributed by atoms with E-state index in [1.54, 1.807) is 0 Å². The SMILES string of the molecule is CC#CC(=O)NC(C(=O)O)C1CC1. The Kier molecular flexibility index (Phi) is 2.91. The zero-order valence-electron chi connectivity index (χ0n) is 7.33. The van der Waals surface area contributed by atoms with Crippen molar-refractivity contribution in [1.82, 2.24) is 5.32 Å². The average Bonchev–Trinajstić information content (AvgIpc) is 2.82. The zero-order valence-corrected chi connectivity index (χ0v) is 7.33. The molecular weight excluding hydrogens is 170 g/mol. The summed E-state index contributed by atoms with van der Waals surface area (Å²) in [6, 6.07) is -0.756. The zero-order chi connectivity index (χ0) is 9.84. The van der Waals surface area contributed by atoms with Crippen LogP contribution in [-0.2, 0) is 9.59 Å². The Balaban J connectivity index is 2.50. The molecule has 1 aliphatic carbocycles. The maximum atomic E-state index is 10.9. The van der Waals surface area contributed by atoms with Gasteiger partial charge in [-0.2, -0.15) is 0 Å². The molecule has 1 fully saturated rings. The molecule has 1 saturated carbocycles. The van der Waals surface area contributed by atoms with Gasteiger partial charge in [0.2, 0.25) is 0 Å². The molecule has 0 radical (unpaired) electrons. The number of rotatable bonds is 3. The van der Waals surface area contributed by atoms with Gasteiger partial charge >= 0.3 is 5.97 Å². The van der Waals surface area contributed by atoms with Gasteiger partial charge in [0.15, 0.2) is 0 Å². The molecule has 1 rings (SSSR count). The molecule has 0 spiro atoms. The monoisotopic (exact) mass is 181 g/mol. The Morgan fingerprint density at radius 1 is 1.54 bits per heavy atom. The van der Waals surface area contributed by atoms with Crippen molar-refractivity contribution in [2.45, 2.75) is 25.8 Å². The third kappa shape index (κ3) is 2.79. The van der Waals surface area contributed by atoms with Gasteiger partial charge in [-0.1, -0.05) is 5.92 Å². The van der Waals surface area contributed by atoms with Crippen LogP contribution in [0.2, 0.25) is 0 Å². The third-order valence-corrected chi connectivity index (χ3v) is 1.88. The van der Waals surface area contributed by atoms with Crippen LogP contribution in [0.1, 0.15) is 19.8 Å². The lowest BCUT2D eigenvalue weighted by Crippen LogP contribution is -2.41. The van der Waals surface area contributed by atoms with Crippen molar-refractivity contribution in [2.75, 3.05) is 0 Å². The Bertz CT molecular complexity index is 283. The second-order valence-electron chi connectivity index (χ2n) is 3.00. The number of nitrogens with one attached hydrogen (secondary N) is 1. The second kappa shape index (κ2) is 3.94. The van der Waals surface area contributed by atoms with E-state index in [9.17, 15) is 9.59 Å². The van der Waals surface area contributed by atoms with Gasteiger partial charge in [0.1, 0.15) is 6.04 Å². The van der Waals surface area contributed by atoms with E-state index in [2.05, 4.69) is 17.2 Å². The predicted molar refractivity (Wildman–Crippen MR) is 45.7 cm³/mol. The van der Waals surface area contributed by atoms with Crippen molar-refractivity contribution >= 4 is 11.9 Å². The Labute approximate surface area is 76.3 Å². The summed E-state index contributed by atoms with van der Waals surface area (Å²) in [6.45, 7) is 1.53. The van der Waals surface area contributed by atoms with Gasteiger partial charge < -0.3 is 10.4 Å². The van der Waals surface area contributed by atoms with Crippen molar-refractivity contribution in [3.63, 3.8) is 0 Å². The lowest BCUT2D eigenvalue weighted by Gasteiger charge is -2.10. The molecule has 1 unspecified atom stereocenters. The number of carbonyl (C=O) groups excluding carboxylic acids is 1. The number of carbonyl (C=O) groups is 2. The number of hydrogen-bond acceptors (Lipinski definition) is 2. The van der Waals surface area contributed by atoms with Gasteiger partial charge in [0.25, 0.3) is 5.91 Å². The molecule has 0 saturated heterocycles. The molecule has 0 bridgehead atoms. The fraction of sp³-hybridized carbons (Fsp3) is 0.556. The molecule has 4 nitrogen and oxygen atoms in total. The predicted octanol–water partition coefficient (Wildman–Crippen LogP) is -0.0109. The van der Waals surface area contributed by atoms with Crippen molar-refractivity contribution in [3.8, 4) is 11.8 Å². The van der Waals surface area contributed by atoms with Crippen LogP contribution < -0.4 is 5.32 Å². The summed E-state index contributed by atoms with van der Waals surface area (Å²) >= 11 is 0. The van der Waals surface area contributed by atoms with Crippen LogP contribution in [-0.4, -0.2) is 23.0 Å². The van der Waals surface area contributed by atoms with Crippen molar-refractivity contribution < 1.29 is 14.7 Å². The van der Waals surface area contributed by atoms with Gasteiger partial charge in [0.05, 0.1) is 0 Å². The normalized spacial score (nSPS) is 16.7. The van der Waals surface area contributed by atoms with Gasteiger partial charge in [0, 0.05) is 0 Å². The summed E-state index contributed by atoms with van der Waals surface area (Å²) in [5, 5.41) is 11.1. The summed E-state index contributed by atoms with van der Waals surface area (Å²) in [5.41, 5.74) is 0. The van der Waals surface area contributed by atoms with E-state index < -0.39 is 17.9 Å². The van der Waals surface area contributed by atoms with Crippen LogP contribution in [0.25, 0.3) is 0 Å². The van der Waals surface area contributed by atoms with Crippen LogP contribution in [0.5, 0.6) is 0 Å². The number of hydrogen-bond donors (Lipinski definition) is 2. The van der Waals surface area contributed by atoms with E-state index >= 15 is 0 Å². The van der Waals surface area contributed by atoms with Gasteiger partial charge in [-0.05, 0) is 31.6 Å². The van der Waals surface area contributed by atoms with Crippen LogP contribution in [0.15, 0.2) is 0 Å². The van der Waals surface area contributed by atoms with Crippen LogP contribution >= 0.6 is 0 Å². The molecule has 4 heteroatoms. The highest BCUT2D eigenvalue weighted by molar-refractivity contribution is 5.96. The van der Waals surface area contributed by atoms with Crippen LogP contribution in [0, 0.1) is 17.8 Å². The fourth-order valence-corrected chi connectivity index (χ4v) is 1.10. The van der Waals surface area contributed by atoms with Crippen molar-refractivity contribution in [1.29, 1.82) is 0 Å². The number of amides is 1. The van der Waals surface area contributed by atoms with E-state index in [4.69, 9.17) is 5.11 Å².